The van der Waals surface area contributed by atoms with Crippen molar-refractivity contribution in [2.45, 2.75) is 26.2 Å². The lowest BCUT2D eigenvalue weighted by atomic mass is 10.1. The number of anilines is 2. The fourth-order valence-corrected chi connectivity index (χ4v) is 2.99. The molecule has 0 aliphatic carbocycles. The Morgan fingerprint density at radius 1 is 1.20 bits per heavy atom. The predicted octanol–water partition coefficient (Wildman–Crippen LogP) is 3.82. The van der Waals surface area contributed by atoms with Crippen molar-refractivity contribution >= 4 is 29.0 Å². The predicted molar refractivity (Wildman–Crippen MR) is 97.8 cm³/mol. The highest BCUT2D eigenvalue weighted by Gasteiger charge is 2.19. The molecule has 1 aliphatic rings. The maximum absolute atomic E-state index is 12.4. The van der Waals surface area contributed by atoms with Gasteiger partial charge in [0.2, 0.25) is 0 Å². The summed E-state index contributed by atoms with van der Waals surface area (Å²) in [7, 11) is 1.58. The first-order valence-electron chi connectivity index (χ1n) is 8.32. The Kier molecular flexibility index (Phi) is 5.38. The average Bonchev–Trinajstić information content (AvgIpc) is 2.65. The maximum Gasteiger partial charge on any atom is 0.274 e. The normalized spacial score (nSPS) is 14.3. The highest BCUT2D eigenvalue weighted by Crippen LogP contribution is 2.32. The van der Waals surface area contributed by atoms with Crippen molar-refractivity contribution in [2.24, 2.45) is 0 Å². The van der Waals surface area contributed by atoms with Crippen LogP contribution in [0.3, 0.4) is 0 Å². The average molecular weight is 361 g/mol. The van der Waals surface area contributed by atoms with Crippen molar-refractivity contribution in [2.75, 3.05) is 25.5 Å². The minimum absolute atomic E-state index is 0.0568. The first kappa shape index (κ1) is 17.5. The molecule has 1 aromatic heterocycles. The van der Waals surface area contributed by atoms with Gasteiger partial charge < -0.3 is 15.0 Å². The summed E-state index contributed by atoms with van der Waals surface area (Å²) in [5.74, 6) is 1.10. The number of aromatic nitrogens is 2. The van der Waals surface area contributed by atoms with E-state index in [1.54, 1.807) is 25.3 Å². The molecule has 0 unspecified atom stereocenters. The molecular weight excluding hydrogens is 340 g/mol. The Labute approximate surface area is 152 Å². The van der Waals surface area contributed by atoms with Crippen LogP contribution in [0.25, 0.3) is 0 Å². The SMILES string of the molecule is COc1cc(Cl)c(C)cc1Nc1ccc(C(=O)N2CCCCC2)nn1. The fourth-order valence-electron chi connectivity index (χ4n) is 2.84. The van der Waals surface area contributed by atoms with Gasteiger partial charge in [0.1, 0.15) is 5.75 Å². The summed E-state index contributed by atoms with van der Waals surface area (Å²) in [5, 5.41) is 12.0. The van der Waals surface area contributed by atoms with Gasteiger partial charge >= 0.3 is 0 Å². The number of benzene rings is 1. The van der Waals surface area contributed by atoms with Crippen LogP contribution < -0.4 is 10.1 Å². The lowest BCUT2D eigenvalue weighted by Crippen LogP contribution is -2.36. The molecule has 1 amide bonds. The summed E-state index contributed by atoms with van der Waals surface area (Å²) in [6, 6.07) is 7.08. The van der Waals surface area contributed by atoms with Crippen molar-refractivity contribution in [1.29, 1.82) is 0 Å². The summed E-state index contributed by atoms with van der Waals surface area (Å²) in [5.41, 5.74) is 2.04. The number of carbonyl (C=O) groups is 1. The van der Waals surface area contributed by atoms with E-state index in [0.29, 0.717) is 22.3 Å². The number of hydrogen-bond acceptors (Lipinski definition) is 5. The van der Waals surface area contributed by atoms with E-state index in [1.807, 2.05) is 17.9 Å². The number of ether oxygens (including phenoxy) is 1. The molecule has 1 fully saturated rings. The molecule has 0 bridgehead atoms. The number of rotatable bonds is 4. The highest BCUT2D eigenvalue weighted by atomic mass is 35.5. The Bertz CT molecular complexity index is 758. The van der Waals surface area contributed by atoms with Gasteiger partial charge in [-0.1, -0.05) is 11.6 Å². The summed E-state index contributed by atoms with van der Waals surface area (Å²) in [6.45, 7) is 3.50. The van der Waals surface area contributed by atoms with E-state index in [4.69, 9.17) is 16.3 Å². The largest absolute Gasteiger partial charge is 0.495 e. The minimum atomic E-state index is -0.0568. The lowest BCUT2D eigenvalue weighted by molar-refractivity contribution is 0.0717. The number of methoxy groups -OCH3 is 1. The number of nitrogens with zero attached hydrogens (tertiary/aromatic N) is 3. The first-order chi connectivity index (χ1) is 12.1. The number of hydrogen-bond donors (Lipinski definition) is 1. The molecule has 6 nitrogen and oxygen atoms in total. The molecule has 0 radical (unpaired) electrons. The summed E-state index contributed by atoms with van der Waals surface area (Å²) in [6.07, 6.45) is 3.28. The van der Waals surface area contributed by atoms with Gasteiger partial charge in [0.25, 0.3) is 5.91 Å². The van der Waals surface area contributed by atoms with Gasteiger partial charge in [-0.05, 0) is 49.9 Å². The Hall–Kier alpha value is -2.34. The Morgan fingerprint density at radius 2 is 1.96 bits per heavy atom. The second kappa shape index (κ2) is 7.70. The Morgan fingerprint density at radius 3 is 2.60 bits per heavy atom. The molecule has 1 aliphatic heterocycles. The molecule has 2 heterocycles. The monoisotopic (exact) mass is 360 g/mol. The zero-order valence-corrected chi connectivity index (χ0v) is 15.1. The third-order valence-electron chi connectivity index (χ3n) is 4.27. The van der Waals surface area contributed by atoms with E-state index in [1.165, 1.54) is 6.42 Å². The van der Waals surface area contributed by atoms with E-state index < -0.39 is 0 Å². The van der Waals surface area contributed by atoms with Crippen LogP contribution >= 0.6 is 11.6 Å². The van der Waals surface area contributed by atoms with Gasteiger partial charge in [-0.15, -0.1) is 10.2 Å². The van der Waals surface area contributed by atoms with Gasteiger partial charge in [0.05, 0.1) is 12.8 Å². The van der Waals surface area contributed by atoms with E-state index in [0.717, 1.165) is 37.2 Å². The van der Waals surface area contributed by atoms with Gasteiger partial charge in [-0.3, -0.25) is 4.79 Å². The van der Waals surface area contributed by atoms with Crippen LogP contribution in [-0.4, -0.2) is 41.2 Å². The van der Waals surface area contributed by atoms with Crippen molar-refractivity contribution < 1.29 is 9.53 Å². The number of aryl methyl sites for hydroxylation is 1. The molecule has 25 heavy (non-hydrogen) atoms. The quantitative estimate of drug-likeness (QED) is 0.897. The number of amides is 1. The summed E-state index contributed by atoms with van der Waals surface area (Å²) in [4.78, 5) is 14.3. The molecule has 1 aromatic carbocycles. The molecule has 7 heteroatoms. The Balaban J connectivity index is 1.75. The number of piperidine rings is 1. The van der Waals surface area contributed by atoms with Crippen LogP contribution in [0.4, 0.5) is 11.5 Å². The van der Waals surface area contributed by atoms with E-state index in [2.05, 4.69) is 15.5 Å². The topological polar surface area (TPSA) is 67.3 Å². The molecule has 0 spiro atoms. The summed E-state index contributed by atoms with van der Waals surface area (Å²) < 4.78 is 5.34. The smallest absolute Gasteiger partial charge is 0.274 e. The van der Waals surface area contributed by atoms with Gasteiger partial charge in [-0.25, -0.2) is 0 Å². The molecular formula is C18H21ClN4O2. The third kappa shape index (κ3) is 4.02. The fraction of sp³-hybridized carbons (Fsp3) is 0.389. The minimum Gasteiger partial charge on any atom is -0.495 e. The van der Waals surface area contributed by atoms with E-state index in [9.17, 15) is 4.79 Å². The standard InChI is InChI=1S/C18H21ClN4O2/c1-12-10-15(16(25-2)11-13(12)19)20-17-7-6-14(21-22-17)18(24)23-8-4-3-5-9-23/h6-7,10-11H,3-5,8-9H2,1-2H3,(H,20,22). The van der Waals surface area contributed by atoms with Crippen LogP contribution in [0.15, 0.2) is 24.3 Å². The maximum atomic E-state index is 12.4. The van der Waals surface area contributed by atoms with Crippen molar-refractivity contribution in [3.8, 4) is 5.75 Å². The van der Waals surface area contributed by atoms with Gasteiger partial charge in [0.15, 0.2) is 11.5 Å². The van der Waals surface area contributed by atoms with E-state index >= 15 is 0 Å². The molecule has 3 rings (SSSR count). The van der Waals surface area contributed by atoms with Crippen LogP contribution in [0.2, 0.25) is 5.02 Å². The number of nitrogens with one attached hydrogen (secondary N) is 1. The molecule has 2 aromatic rings. The second-order valence-corrected chi connectivity index (χ2v) is 6.49. The van der Waals surface area contributed by atoms with Crippen LogP contribution in [0.5, 0.6) is 5.75 Å². The van der Waals surface area contributed by atoms with Crippen LogP contribution in [0, 0.1) is 6.92 Å². The number of halogens is 1. The highest BCUT2D eigenvalue weighted by molar-refractivity contribution is 6.31. The molecule has 1 N–H and O–H groups in total. The second-order valence-electron chi connectivity index (χ2n) is 6.08. The van der Waals surface area contributed by atoms with Crippen molar-refractivity contribution in [3.63, 3.8) is 0 Å². The van der Waals surface area contributed by atoms with Crippen LogP contribution in [0.1, 0.15) is 35.3 Å². The molecule has 0 atom stereocenters. The van der Waals surface area contributed by atoms with Gasteiger partial charge in [-0.2, -0.15) is 0 Å². The van der Waals surface area contributed by atoms with Crippen molar-refractivity contribution in [1.82, 2.24) is 15.1 Å². The van der Waals surface area contributed by atoms with Crippen molar-refractivity contribution in [3.05, 3.63) is 40.5 Å². The number of carbonyl (C=O) groups excluding carboxylic acids is 1. The zero-order valence-electron chi connectivity index (χ0n) is 14.4. The lowest BCUT2D eigenvalue weighted by Gasteiger charge is -2.26. The third-order valence-corrected chi connectivity index (χ3v) is 4.68. The molecule has 1 saturated heterocycles. The van der Waals surface area contributed by atoms with E-state index in [-0.39, 0.29) is 5.91 Å². The van der Waals surface area contributed by atoms with Gasteiger partial charge in [0, 0.05) is 24.2 Å². The van der Waals surface area contributed by atoms with Crippen LogP contribution in [-0.2, 0) is 0 Å². The zero-order chi connectivity index (χ0) is 17.8. The first-order valence-corrected chi connectivity index (χ1v) is 8.70. The number of likely N-dealkylation sites (tertiary alicyclic amines) is 1. The summed E-state index contributed by atoms with van der Waals surface area (Å²) >= 11 is 6.12. The molecule has 132 valence electrons. The molecule has 0 saturated carbocycles.